The second-order valence-corrected chi connectivity index (χ2v) is 1.82. The van der Waals surface area contributed by atoms with Gasteiger partial charge >= 0.3 is 0 Å². The Morgan fingerprint density at radius 3 is 2.60 bits per heavy atom. The lowest BCUT2D eigenvalue weighted by molar-refractivity contribution is 0.112. The maximum absolute atomic E-state index is 10.2. The van der Waals surface area contributed by atoms with Gasteiger partial charge < -0.3 is 0 Å². The van der Waals surface area contributed by atoms with E-state index in [2.05, 4.69) is 0 Å². The van der Waals surface area contributed by atoms with Crippen LogP contribution in [-0.4, -0.2) is 6.29 Å². The van der Waals surface area contributed by atoms with E-state index < -0.39 is 0 Å². The Morgan fingerprint density at radius 1 is 1.40 bits per heavy atom. The van der Waals surface area contributed by atoms with Gasteiger partial charge in [0.05, 0.1) is 5.69 Å². The summed E-state index contributed by atoms with van der Waals surface area (Å²) >= 11 is 0. The molecule has 50 valence electrons. The van der Waals surface area contributed by atoms with Crippen LogP contribution >= 0.6 is 0 Å². The van der Waals surface area contributed by atoms with Crippen LogP contribution in [0.1, 0.15) is 10.4 Å². The molecular formula is C7H6N2O. The minimum atomic E-state index is 0.428. The number of para-hydroxylation sites is 1. The molecule has 0 aliphatic heterocycles. The minimum absolute atomic E-state index is 0.428. The summed E-state index contributed by atoms with van der Waals surface area (Å²) in [6, 6.07) is 6.69. The molecule has 0 spiro atoms. The summed E-state index contributed by atoms with van der Waals surface area (Å²) in [5.41, 5.74) is 2.79. The van der Waals surface area contributed by atoms with Crippen molar-refractivity contribution in [1.82, 2.24) is 5.84 Å². The third kappa shape index (κ3) is 1.14. The summed E-state index contributed by atoms with van der Waals surface area (Å²) in [5.74, 6) is 8.44. The van der Waals surface area contributed by atoms with Crippen molar-refractivity contribution in [3.8, 4) is 0 Å². The van der Waals surface area contributed by atoms with Gasteiger partial charge in [0.2, 0.25) is 0 Å². The van der Waals surface area contributed by atoms with Crippen LogP contribution in [0.2, 0.25) is 0 Å². The highest BCUT2D eigenvalue weighted by Gasteiger charge is 1.95. The fourth-order valence-electron chi connectivity index (χ4n) is 0.702. The van der Waals surface area contributed by atoms with Crippen LogP contribution in [0.4, 0.5) is 5.69 Å². The highest BCUT2D eigenvalue weighted by molar-refractivity contribution is 5.83. The SMILES string of the molecule is [N]Nc1ccccc1C=O. The second-order valence-electron chi connectivity index (χ2n) is 1.82. The lowest BCUT2D eigenvalue weighted by Crippen LogP contribution is -1.95. The third-order valence-electron chi connectivity index (χ3n) is 1.21. The normalized spacial score (nSPS) is 8.90. The topological polar surface area (TPSA) is 51.4 Å². The Morgan fingerprint density at radius 2 is 2.10 bits per heavy atom. The molecule has 1 N–H and O–H groups in total. The first kappa shape index (κ1) is 6.77. The van der Waals surface area contributed by atoms with Crippen LogP contribution in [0, 0.1) is 0 Å². The molecule has 0 heterocycles. The predicted molar refractivity (Wildman–Crippen MR) is 37.6 cm³/mol. The summed E-state index contributed by atoms with van der Waals surface area (Å²) in [6.07, 6.45) is 0.679. The van der Waals surface area contributed by atoms with Crippen LogP contribution in [0.5, 0.6) is 0 Å². The molecule has 10 heavy (non-hydrogen) atoms. The third-order valence-corrected chi connectivity index (χ3v) is 1.21. The molecule has 3 heteroatoms. The van der Waals surface area contributed by atoms with E-state index in [1.807, 2.05) is 5.43 Å². The molecule has 1 rings (SSSR count). The molecule has 0 atom stereocenters. The molecule has 0 saturated heterocycles. The summed E-state index contributed by atoms with van der Waals surface area (Å²) in [6.45, 7) is 0. The first-order chi connectivity index (χ1) is 4.88. The molecule has 1 aromatic carbocycles. The van der Waals surface area contributed by atoms with Gasteiger partial charge in [-0.3, -0.25) is 10.2 Å². The Bertz CT molecular complexity index is 235. The lowest BCUT2D eigenvalue weighted by Gasteiger charge is -1.97. The molecule has 2 radical (unpaired) electrons. The monoisotopic (exact) mass is 134 g/mol. The molecule has 0 unspecified atom stereocenters. The average molecular weight is 134 g/mol. The van der Waals surface area contributed by atoms with Crippen molar-refractivity contribution in [2.24, 2.45) is 0 Å². The van der Waals surface area contributed by atoms with Gasteiger partial charge in [-0.15, -0.1) is 0 Å². The van der Waals surface area contributed by atoms with Crippen LogP contribution in [-0.2, 0) is 0 Å². The zero-order valence-electron chi connectivity index (χ0n) is 5.24. The van der Waals surface area contributed by atoms with Crippen LogP contribution in [0.3, 0.4) is 0 Å². The zero-order chi connectivity index (χ0) is 7.40. The van der Waals surface area contributed by atoms with Gasteiger partial charge in [-0.25, -0.2) is 0 Å². The van der Waals surface area contributed by atoms with Gasteiger partial charge in [0.1, 0.15) is 0 Å². The number of hydrogen-bond acceptors (Lipinski definition) is 2. The Balaban J connectivity index is 3.08. The highest BCUT2D eigenvalue weighted by atomic mass is 16.1. The quantitative estimate of drug-likeness (QED) is 0.482. The van der Waals surface area contributed by atoms with E-state index in [1.165, 1.54) is 0 Å². The van der Waals surface area contributed by atoms with Crippen molar-refractivity contribution in [3.63, 3.8) is 0 Å². The van der Waals surface area contributed by atoms with E-state index >= 15 is 0 Å². The van der Waals surface area contributed by atoms with Crippen LogP contribution in [0.25, 0.3) is 0 Å². The largest absolute Gasteiger partial charge is 0.298 e. The Kier molecular flexibility index (Phi) is 2.02. The fourth-order valence-corrected chi connectivity index (χ4v) is 0.702. The standard InChI is InChI=1S/C7H6N2O/c8-9-7-4-2-1-3-6(7)5-10/h1-5,9H. The molecule has 0 bridgehead atoms. The maximum Gasteiger partial charge on any atom is 0.152 e. The average Bonchev–Trinajstić information content (AvgIpc) is 2.04. The van der Waals surface area contributed by atoms with Crippen molar-refractivity contribution >= 4 is 12.0 Å². The minimum Gasteiger partial charge on any atom is -0.298 e. The number of benzene rings is 1. The van der Waals surface area contributed by atoms with E-state index in [0.717, 1.165) is 0 Å². The fraction of sp³-hybridized carbons (Fsp3) is 0. The van der Waals surface area contributed by atoms with E-state index in [4.69, 9.17) is 5.84 Å². The van der Waals surface area contributed by atoms with Crippen molar-refractivity contribution < 1.29 is 4.79 Å². The van der Waals surface area contributed by atoms with Gasteiger partial charge in [-0.05, 0) is 18.0 Å². The molecule has 0 aliphatic carbocycles. The Hall–Kier alpha value is -1.35. The molecule has 3 nitrogen and oxygen atoms in total. The highest BCUT2D eigenvalue weighted by Crippen LogP contribution is 2.09. The van der Waals surface area contributed by atoms with Gasteiger partial charge in [0, 0.05) is 5.56 Å². The predicted octanol–water partition coefficient (Wildman–Crippen LogP) is 0.895. The number of nitrogens with zero attached hydrogens (tertiary/aromatic N) is 1. The number of hydrogen-bond donors (Lipinski definition) is 1. The summed E-state index contributed by atoms with van der Waals surface area (Å²) in [4.78, 5) is 10.2. The van der Waals surface area contributed by atoms with E-state index in [1.54, 1.807) is 24.3 Å². The second kappa shape index (κ2) is 2.98. The molecule has 0 aromatic heterocycles. The van der Waals surface area contributed by atoms with Crippen molar-refractivity contribution in [3.05, 3.63) is 29.8 Å². The van der Waals surface area contributed by atoms with E-state index in [0.29, 0.717) is 17.5 Å². The molecule has 0 saturated carbocycles. The lowest BCUT2D eigenvalue weighted by atomic mass is 10.2. The molecule has 0 amide bonds. The van der Waals surface area contributed by atoms with Crippen molar-refractivity contribution in [2.45, 2.75) is 0 Å². The first-order valence-corrected chi connectivity index (χ1v) is 2.83. The van der Waals surface area contributed by atoms with E-state index in [9.17, 15) is 4.79 Å². The summed E-state index contributed by atoms with van der Waals surface area (Å²) in [7, 11) is 0. The van der Waals surface area contributed by atoms with Crippen molar-refractivity contribution in [1.29, 1.82) is 0 Å². The van der Waals surface area contributed by atoms with Crippen molar-refractivity contribution in [2.75, 3.05) is 5.43 Å². The number of nitrogens with one attached hydrogen (secondary N) is 1. The molecule has 1 aromatic rings. The molecule has 0 fully saturated rings. The number of carbonyl (C=O) groups is 1. The smallest absolute Gasteiger partial charge is 0.152 e. The van der Waals surface area contributed by atoms with E-state index in [-0.39, 0.29) is 0 Å². The number of rotatable bonds is 2. The number of carbonyl (C=O) groups excluding carboxylic acids is 1. The maximum atomic E-state index is 10.2. The summed E-state index contributed by atoms with van der Waals surface area (Å²) in [5, 5.41) is 0. The summed E-state index contributed by atoms with van der Waals surface area (Å²) < 4.78 is 0. The molecule has 0 aliphatic rings. The number of aldehydes is 1. The Labute approximate surface area is 58.8 Å². The zero-order valence-corrected chi connectivity index (χ0v) is 5.24. The van der Waals surface area contributed by atoms with Gasteiger partial charge in [-0.1, -0.05) is 12.1 Å². The van der Waals surface area contributed by atoms with Crippen LogP contribution in [0.15, 0.2) is 24.3 Å². The first-order valence-electron chi connectivity index (χ1n) is 2.83. The van der Waals surface area contributed by atoms with Crippen LogP contribution < -0.4 is 11.3 Å². The van der Waals surface area contributed by atoms with Gasteiger partial charge in [0.25, 0.3) is 0 Å². The molecular weight excluding hydrogens is 128 g/mol. The van der Waals surface area contributed by atoms with Gasteiger partial charge in [0.15, 0.2) is 6.29 Å². The number of anilines is 1. The van der Waals surface area contributed by atoms with Gasteiger partial charge in [-0.2, -0.15) is 0 Å².